The highest BCUT2D eigenvalue weighted by molar-refractivity contribution is 5.83. The molecule has 2 aromatic carbocycles. The van der Waals surface area contributed by atoms with Gasteiger partial charge in [0.2, 0.25) is 6.10 Å². The SMILES string of the molecule is CCOC(=O)[C@@H](Oc1ccc2c3c(c(=O)oc2c1)CCC3)c1ccccc1. The van der Waals surface area contributed by atoms with E-state index in [0.29, 0.717) is 16.9 Å². The fraction of sp³-hybridized carbons (Fsp3) is 0.273. The van der Waals surface area contributed by atoms with Gasteiger partial charge in [-0.05, 0) is 43.9 Å². The van der Waals surface area contributed by atoms with Crippen LogP contribution < -0.4 is 10.4 Å². The van der Waals surface area contributed by atoms with Gasteiger partial charge in [-0.2, -0.15) is 0 Å². The molecule has 5 heteroatoms. The number of esters is 1. The number of hydrogen-bond donors (Lipinski definition) is 0. The highest BCUT2D eigenvalue weighted by atomic mass is 16.6. The van der Waals surface area contributed by atoms with E-state index in [1.165, 1.54) is 0 Å². The quantitative estimate of drug-likeness (QED) is 0.506. The van der Waals surface area contributed by atoms with Crippen LogP contribution in [-0.2, 0) is 22.4 Å². The Kier molecular flexibility index (Phi) is 4.67. The Morgan fingerprint density at radius 1 is 1.11 bits per heavy atom. The molecule has 5 nitrogen and oxygen atoms in total. The van der Waals surface area contributed by atoms with Crippen molar-refractivity contribution in [2.45, 2.75) is 32.3 Å². The highest BCUT2D eigenvalue weighted by Gasteiger charge is 2.25. The third-order valence-corrected chi connectivity index (χ3v) is 4.80. The molecule has 0 aliphatic heterocycles. The molecule has 4 rings (SSSR count). The Hall–Kier alpha value is -3.08. The summed E-state index contributed by atoms with van der Waals surface area (Å²) < 4.78 is 16.6. The Morgan fingerprint density at radius 2 is 1.89 bits per heavy atom. The summed E-state index contributed by atoms with van der Waals surface area (Å²) in [6.45, 7) is 2.02. The molecule has 0 bridgehead atoms. The number of hydrogen-bond acceptors (Lipinski definition) is 5. The molecule has 0 N–H and O–H groups in total. The van der Waals surface area contributed by atoms with Gasteiger partial charge in [0.15, 0.2) is 0 Å². The smallest absolute Gasteiger partial charge is 0.352 e. The summed E-state index contributed by atoms with van der Waals surface area (Å²) in [6, 6.07) is 14.6. The van der Waals surface area contributed by atoms with Gasteiger partial charge < -0.3 is 13.9 Å². The van der Waals surface area contributed by atoms with Crippen LogP contribution in [0.2, 0.25) is 0 Å². The van der Waals surface area contributed by atoms with E-state index in [1.54, 1.807) is 19.1 Å². The van der Waals surface area contributed by atoms with Gasteiger partial charge in [-0.25, -0.2) is 9.59 Å². The molecule has 1 heterocycles. The van der Waals surface area contributed by atoms with E-state index in [9.17, 15) is 9.59 Å². The number of aryl methyl sites for hydroxylation is 1. The maximum Gasteiger partial charge on any atom is 0.352 e. The van der Waals surface area contributed by atoms with Crippen molar-refractivity contribution in [3.05, 3.63) is 75.6 Å². The van der Waals surface area contributed by atoms with Crippen molar-refractivity contribution in [1.82, 2.24) is 0 Å². The topological polar surface area (TPSA) is 65.7 Å². The summed E-state index contributed by atoms with van der Waals surface area (Å²) >= 11 is 0. The zero-order chi connectivity index (χ0) is 18.8. The molecule has 0 fully saturated rings. The fourth-order valence-electron chi connectivity index (χ4n) is 3.57. The third-order valence-electron chi connectivity index (χ3n) is 4.80. The number of fused-ring (bicyclic) bond motifs is 3. The number of carbonyl (C=O) groups excluding carboxylic acids is 1. The molecular formula is C22H20O5. The van der Waals surface area contributed by atoms with E-state index in [4.69, 9.17) is 13.9 Å². The predicted octanol–water partition coefficient (Wildman–Crippen LogP) is 3.96. The van der Waals surface area contributed by atoms with Gasteiger partial charge in [-0.1, -0.05) is 30.3 Å². The molecule has 0 radical (unpaired) electrons. The van der Waals surface area contributed by atoms with Crippen molar-refractivity contribution >= 4 is 16.9 Å². The molecule has 3 aromatic rings. The second kappa shape index (κ2) is 7.27. The summed E-state index contributed by atoms with van der Waals surface area (Å²) in [5.41, 5.74) is 2.75. The molecule has 1 aliphatic carbocycles. The first kappa shape index (κ1) is 17.3. The molecule has 0 spiro atoms. The summed E-state index contributed by atoms with van der Waals surface area (Å²) in [6.07, 6.45) is 1.73. The maximum atomic E-state index is 12.4. The molecule has 27 heavy (non-hydrogen) atoms. The van der Waals surface area contributed by atoms with E-state index in [2.05, 4.69) is 0 Å². The minimum absolute atomic E-state index is 0.268. The first-order valence-electron chi connectivity index (χ1n) is 9.14. The molecule has 138 valence electrons. The van der Waals surface area contributed by atoms with Crippen LogP contribution in [0.15, 0.2) is 57.7 Å². The molecule has 0 saturated carbocycles. The molecule has 0 saturated heterocycles. The van der Waals surface area contributed by atoms with Crippen molar-refractivity contribution in [2.75, 3.05) is 6.61 Å². The lowest BCUT2D eigenvalue weighted by Gasteiger charge is -2.18. The lowest BCUT2D eigenvalue weighted by Crippen LogP contribution is -2.21. The molecular weight excluding hydrogens is 344 g/mol. The number of ether oxygens (including phenoxy) is 2. The zero-order valence-electron chi connectivity index (χ0n) is 15.1. The van der Waals surface area contributed by atoms with E-state index in [-0.39, 0.29) is 12.2 Å². The number of rotatable bonds is 5. The fourth-order valence-corrected chi connectivity index (χ4v) is 3.57. The van der Waals surface area contributed by atoms with Gasteiger partial charge in [0.05, 0.1) is 6.61 Å². The molecule has 0 amide bonds. The van der Waals surface area contributed by atoms with E-state index < -0.39 is 12.1 Å². The van der Waals surface area contributed by atoms with Crippen molar-refractivity contribution < 1.29 is 18.7 Å². The second-order valence-electron chi connectivity index (χ2n) is 6.52. The van der Waals surface area contributed by atoms with Gasteiger partial charge in [0.25, 0.3) is 0 Å². The normalized spacial score (nSPS) is 14.0. The Balaban J connectivity index is 1.71. The first-order valence-corrected chi connectivity index (χ1v) is 9.14. The van der Waals surface area contributed by atoms with Crippen LogP contribution in [0.1, 0.15) is 36.1 Å². The van der Waals surface area contributed by atoms with Crippen LogP contribution in [0.3, 0.4) is 0 Å². The van der Waals surface area contributed by atoms with Crippen LogP contribution >= 0.6 is 0 Å². The average molecular weight is 364 g/mol. The zero-order valence-corrected chi connectivity index (χ0v) is 15.1. The second-order valence-corrected chi connectivity index (χ2v) is 6.52. The number of benzene rings is 2. The van der Waals surface area contributed by atoms with E-state index in [1.807, 2.05) is 36.4 Å². The summed E-state index contributed by atoms with van der Waals surface area (Å²) in [5.74, 6) is -0.00953. The Morgan fingerprint density at radius 3 is 2.67 bits per heavy atom. The number of carbonyl (C=O) groups is 1. The van der Waals surface area contributed by atoms with Gasteiger partial charge >= 0.3 is 11.6 Å². The van der Waals surface area contributed by atoms with Gasteiger partial charge in [0, 0.05) is 22.6 Å². The monoisotopic (exact) mass is 364 g/mol. The summed E-state index contributed by atoms with van der Waals surface area (Å²) in [5, 5.41) is 0.932. The van der Waals surface area contributed by atoms with E-state index >= 15 is 0 Å². The molecule has 0 unspecified atom stereocenters. The summed E-state index contributed by atoms with van der Waals surface area (Å²) in [4.78, 5) is 24.6. The molecule has 1 atom stereocenters. The maximum absolute atomic E-state index is 12.4. The highest BCUT2D eigenvalue weighted by Crippen LogP contribution is 2.31. The first-order chi connectivity index (χ1) is 13.2. The Bertz CT molecular complexity index is 1040. The summed E-state index contributed by atoms with van der Waals surface area (Å²) in [7, 11) is 0. The van der Waals surface area contributed by atoms with Crippen molar-refractivity contribution in [3.63, 3.8) is 0 Å². The standard InChI is InChI=1S/C22H20O5/c1-2-25-22(24)20(14-7-4-3-5-8-14)26-15-11-12-17-16-9-6-10-18(16)21(23)27-19(17)13-15/h3-5,7-8,11-13,20H,2,6,9-10H2,1H3/t20-/m0/s1. The van der Waals surface area contributed by atoms with Crippen molar-refractivity contribution in [2.24, 2.45) is 0 Å². The van der Waals surface area contributed by atoms with Crippen LogP contribution in [0, 0.1) is 0 Å². The van der Waals surface area contributed by atoms with Crippen molar-refractivity contribution in [3.8, 4) is 5.75 Å². The molecule has 1 aromatic heterocycles. The molecule has 1 aliphatic rings. The lowest BCUT2D eigenvalue weighted by molar-refractivity contribution is -0.151. The van der Waals surface area contributed by atoms with Crippen LogP contribution in [0.5, 0.6) is 5.75 Å². The van der Waals surface area contributed by atoms with Gasteiger partial charge in [-0.3, -0.25) is 0 Å². The minimum atomic E-state index is -0.884. The van der Waals surface area contributed by atoms with Crippen LogP contribution in [-0.4, -0.2) is 12.6 Å². The minimum Gasteiger partial charge on any atom is -0.474 e. The van der Waals surface area contributed by atoms with Crippen LogP contribution in [0.4, 0.5) is 0 Å². The predicted molar refractivity (Wildman–Crippen MR) is 101 cm³/mol. The third kappa shape index (κ3) is 3.33. The van der Waals surface area contributed by atoms with Crippen LogP contribution in [0.25, 0.3) is 11.0 Å². The van der Waals surface area contributed by atoms with E-state index in [0.717, 1.165) is 35.8 Å². The Labute approximate surface area is 156 Å². The average Bonchev–Trinajstić information content (AvgIpc) is 3.17. The van der Waals surface area contributed by atoms with Gasteiger partial charge in [0.1, 0.15) is 11.3 Å². The van der Waals surface area contributed by atoms with Gasteiger partial charge in [-0.15, -0.1) is 0 Å². The van der Waals surface area contributed by atoms with Crippen molar-refractivity contribution in [1.29, 1.82) is 0 Å². The lowest BCUT2D eigenvalue weighted by atomic mass is 10.1. The largest absolute Gasteiger partial charge is 0.474 e.